The zero-order valence-corrected chi connectivity index (χ0v) is 11.1. The maximum absolute atomic E-state index is 11.8. The Morgan fingerprint density at radius 1 is 1.45 bits per heavy atom. The first kappa shape index (κ1) is 12.9. The van der Waals surface area contributed by atoms with Gasteiger partial charge in [0.05, 0.1) is 23.9 Å². The van der Waals surface area contributed by atoms with Gasteiger partial charge in [-0.15, -0.1) is 11.6 Å². The van der Waals surface area contributed by atoms with Crippen molar-refractivity contribution < 1.29 is 9.90 Å². The molecule has 3 N–H and O–H groups in total. The Hall–Kier alpha value is -2.06. The van der Waals surface area contributed by atoms with Gasteiger partial charge in [0.15, 0.2) is 17.0 Å². The molecule has 104 valence electrons. The van der Waals surface area contributed by atoms with Crippen LogP contribution in [0.1, 0.15) is 12.1 Å². The van der Waals surface area contributed by atoms with Gasteiger partial charge in [0.25, 0.3) is 0 Å². The van der Waals surface area contributed by atoms with Crippen molar-refractivity contribution in [2.45, 2.75) is 18.4 Å². The largest absolute Gasteiger partial charge is 0.390 e. The fraction of sp³-hybridized carbons (Fsp3) is 0.364. The monoisotopic (exact) mass is 294 g/mol. The van der Waals surface area contributed by atoms with E-state index in [0.29, 0.717) is 17.8 Å². The number of aromatic nitrogens is 4. The minimum Gasteiger partial charge on any atom is -0.390 e. The Balaban J connectivity index is 2.08. The Kier molecular flexibility index (Phi) is 3.11. The molecule has 0 spiro atoms. The summed E-state index contributed by atoms with van der Waals surface area (Å²) < 4.78 is 0. The third-order valence-corrected chi connectivity index (χ3v) is 3.25. The van der Waals surface area contributed by atoms with Crippen molar-refractivity contribution in [3.05, 3.63) is 11.9 Å². The maximum Gasteiger partial charge on any atom is 0.236 e. The maximum atomic E-state index is 11.8. The van der Waals surface area contributed by atoms with Gasteiger partial charge >= 0.3 is 0 Å². The molecule has 0 saturated carbocycles. The van der Waals surface area contributed by atoms with Crippen LogP contribution in [0.3, 0.4) is 0 Å². The third kappa shape index (κ3) is 2.12. The zero-order chi connectivity index (χ0) is 14.3. The SMILES string of the molecule is Nc1nc(N2CC(Cl)CC2=O)nc2ncc(CO)nc12. The van der Waals surface area contributed by atoms with E-state index < -0.39 is 0 Å². The van der Waals surface area contributed by atoms with Crippen LogP contribution >= 0.6 is 11.6 Å². The molecule has 1 atom stereocenters. The Morgan fingerprint density at radius 2 is 2.25 bits per heavy atom. The molecule has 0 aliphatic carbocycles. The first-order valence-electron chi connectivity index (χ1n) is 5.93. The summed E-state index contributed by atoms with van der Waals surface area (Å²) in [5.74, 6) is 0.136. The van der Waals surface area contributed by atoms with Crippen molar-refractivity contribution in [3.63, 3.8) is 0 Å². The first-order valence-corrected chi connectivity index (χ1v) is 6.36. The van der Waals surface area contributed by atoms with Crippen molar-refractivity contribution in [1.29, 1.82) is 0 Å². The summed E-state index contributed by atoms with van der Waals surface area (Å²) in [5, 5.41) is 8.77. The second-order valence-corrected chi connectivity index (χ2v) is 5.02. The van der Waals surface area contributed by atoms with Gasteiger partial charge in [-0.1, -0.05) is 0 Å². The van der Waals surface area contributed by atoms with Gasteiger partial charge in [0.2, 0.25) is 11.9 Å². The Morgan fingerprint density at radius 3 is 2.90 bits per heavy atom. The van der Waals surface area contributed by atoms with Gasteiger partial charge < -0.3 is 10.8 Å². The quantitative estimate of drug-likeness (QED) is 0.739. The van der Waals surface area contributed by atoms with E-state index in [2.05, 4.69) is 19.9 Å². The number of nitrogens with two attached hydrogens (primary N) is 1. The second-order valence-electron chi connectivity index (χ2n) is 4.41. The molecule has 2 aromatic rings. The number of carbonyl (C=O) groups excluding carboxylic acids is 1. The molecule has 1 aliphatic heterocycles. The zero-order valence-electron chi connectivity index (χ0n) is 10.3. The summed E-state index contributed by atoms with van der Waals surface area (Å²) in [6, 6.07) is 0. The summed E-state index contributed by atoms with van der Waals surface area (Å²) in [4.78, 5) is 29.6. The fourth-order valence-electron chi connectivity index (χ4n) is 2.01. The number of halogens is 1. The Bertz CT molecular complexity index is 694. The third-order valence-electron chi connectivity index (χ3n) is 2.95. The molecule has 2 aromatic heterocycles. The average Bonchev–Trinajstić information content (AvgIpc) is 2.77. The number of amides is 1. The number of anilines is 2. The molecule has 3 rings (SSSR count). The molecule has 3 heterocycles. The van der Waals surface area contributed by atoms with E-state index in [9.17, 15) is 4.79 Å². The van der Waals surface area contributed by atoms with Crippen molar-refractivity contribution in [2.24, 2.45) is 0 Å². The normalized spacial score (nSPS) is 19.0. The standard InChI is InChI=1S/C11H11ClN6O2/c12-5-1-7(20)18(3-5)11-16-9(13)8-10(17-11)14-2-6(4-19)15-8/h2,5,19H,1,3-4H2,(H2,13,14,16,17). The number of rotatable bonds is 2. The molecular weight excluding hydrogens is 284 g/mol. The topological polar surface area (TPSA) is 118 Å². The van der Waals surface area contributed by atoms with Crippen LogP contribution in [-0.2, 0) is 11.4 Å². The fourth-order valence-corrected chi connectivity index (χ4v) is 2.28. The summed E-state index contributed by atoms with van der Waals surface area (Å²) in [7, 11) is 0. The van der Waals surface area contributed by atoms with E-state index in [4.69, 9.17) is 22.4 Å². The minimum absolute atomic E-state index is 0.110. The van der Waals surface area contributed by atoms with Gasteiger partial charge in [0, 0.05) is 13.0 Å². The smallest absolute Gasteiger partial charge is 0.236 e. The van der Waals surface area contributed by atoms with Crippen LogP contribution in [0.25, 0.3) is 11.2 Å². The van der Waals surface area contributed by atoms with E-state index in [0.717, 1.165) is 0 Å². The van der Waals surface area contributed by atoms with Gasteiger partial charge in [-0.3, -0.25) is 9.69 Å². The summed E-state index contributed by atoms with van der Waals surface area (Å²) >= 11 is 5.94. The number of hydrogen-bond donors (Lipinski definition) is 2. The van der Waals surface area contributed by atoms with E-state index in [1.54, 1.807) is 0 Å². The lowest BCUT2D eigenvalue weighted by Crippen LogP contribution is -2.27. The predicted molar refractivity (Wildman–Crippen MR) is 72.1 cm³/mol. The molecule has 1 fully saturated rings. The molecule has 0 radical (unpaired) electrons. The second kappa shape index (κ2) is 4.80. The molecule has 9 heteroatoms. The highest BCUT2D eigenvalue weighted by atomic mass is 35.5. The summed E-state index contributed by atoms with van der Waals surface area (Å²) in [6.07, 6.45) is 1.65. The average molecular weight is 295 g/mol. The van der Waals surface area contributed by atoms with E-state index in [1.807, 2.05) is 0 Å². The lowest BCUT2D eigenvalue weighted by atomic mass is 10.4. The van der Waals surface area contributed by atoms with Crippen molar-refractivity contribution in [1.82, 2.24) is 19.9 Å². The van der Waals surface area contributed by atoms with Gasteiger partial charge in [0.1, 0.15) is 0 Å². The summed E-state index contributed by atoms with van der Waals surface area (Å²) in [5.41, 5.74) is 6.77. The predicted octanol–water partition coefficient (Wildman–Crippen LogP) is -0.162. The van der Waals surface area contributed by atoms with Crippen molar-refractivity contribution >= 4 is 40.4 Å². The molecule has 1 aliphatic rings. The molecule has 0 bridgehead atoms. The van der Waals surface area contributed by atoms with Gasteiger partial charge in [-0.2, -0.15) is 9.97 Å². The number of fused-ring (bicyclic) bond motifs is 1. The van der Waals surface area contributed by atoms with Crippen molar-refractivity contribution in [2.75, 3.05) is 17.2 Å². The highest BCUT2D eigenvalue weighted by Gasteiger charge is 2.31. The number of hydrogen-bond acceptors (Lipinski definition) is 7. The number of alkyl halides is 1. The number of aliphatic hydroxyl groups excluding tert-OH is 1. The molecule has 8 nitrogen and oxygen atoms in total. The molecule has 20 heavy (non-hydrogen) atoms. The van der Waals surface area contributed by atoms with Gasteiger partial charge in [-0.25, -0.2) is 9.97 Å². The molecule has 1 amide bonds. The van der Waals surface area contributed by atoms with Crippen LogP contribution in [0.2, 0.25) is 0 Å². The summed E-state index contributed by atoms with van der Waals surface area (Å²) in [6.45, 7) is 0.0934. The van der Waals surface area contributed by atoms with Crippen LogP contribution in [0.5, 0.6) is 0 Å². The van der Waals surface area contributed by atoms with E-state index in [-0.39, 0.29) is 41.7 Å². The van der Waals surface area contributed by atoms with Crippen LogP contribution in [-0.4, -0.2) is 42.9 Å². The molecule has 1 unspecified atom stereocenters. The number of nitrogen functional groups attached to an aromatic ring is 1. The van der Waals surface area contributed by atoms with E-state index in [1.165, 1.54) is 11.1 Å². The van der Waals surface area contributed by atoms with E-state index >= 15 is 0 Å². The number of aliphatic hydroxyl groups is 1. The number of nitrogens with zero attached hydrogens (tertiary/aromatic N) is 5. The van der Waals surface area contributed by atoms with Crippen molar-refractivity contribution in [3.8, 4) is 0 Å². The minimum atomic E-state index is -0.258. The van der Waals surface area contributed by atoms with Crippen LogP contribution < -0.4 is 10.6 Å². The molecule has 1 saturated heterocycles. The van der Waals surface area contributed by atoms with Crippen LogP contribution in [0.15, 0.2) is 6.20 Å². The van der Waals surface area contributed by atoms with Crippen LogP contribution in [0.4, 0.5) is 11.8 Å². The van der Waals surface area contributed by atoms with Crippen LogP contribution in [0, 0.1) is 0 Å². The molecular formula is C11H11ClN6O2. The highest BCUT2D eigenvalue weighted by Crippen LogP contribution is 2.24. The molecule has 0 aromatic carbocycles. The van der Waals surface area contributed by atoms with Gasteiger partial charge in [-0.05, 0) is 0 Å². The highest BCUT2D eigenvalue weighted by molar-refractivity contribution is 6.24. The lowest BCUT2D eigenvalue weighted by Gasteiger charge is -2.14. The lowest BCUT2D eigenvalue weighted by molar-refractivity contribution is -0.117. The number of carbonyl (C=O) groups is 1. The first-order chi connectivity index (χ1) is 9.58. The Labute approximate surface area is 118 Å².